The fraction of sp³-hybridized carbons (Fsp3) is 0.133. The molecule has 0 fully saturated rings. The zero-order valence-corrected chi connectivity index (χ0v) is 23.9. The van der Waals surface area contributed by atoms with Gasteiger partial charge in [-0.15, -0.1) is 0 Å². The van der Waals surface area contributed by atoms with E-state index >= 15 is 0 Å². The molecule has 0 amide bonds. The van der Waals surface area contributed by atoms with Crippen LogP contribution in [0.25, 0.3) is 6.08 Å². The summed E-state index contributed by atoms with van der Waals surface area (Å²) in [6.45, 7) is 9.94. The first kappa shape index (κ1) is 29.5. The van der Waals surface area contributed by atoms with Gasteiger partial charge in [-0.2, -0.15) is 5.10 Å². The van der Waals surface area contributed by atoms with Gasteiger partial charge in [-0.1, -0.05) is 79.9 Å². The molecule has 1 atom stereocenters. The minimum absolute atomic E-state index is 0.142. The zero-order chi connectivity index (χ0) is 28.5. The van der Waals surface area contributed by atoms with Crippen molar-refractivity contribution in [3.8, 4) is 0 Å². The van der Waals surface area contributed by atoms with Crippen molar-refractivity contribution in [3.05, 3.63) is 127 Å². The molecular formula is C30H34N4O3S2. The molecule has 7 nitrogen and oxygen atoms in total. The molecule has 0 aliphatic carbocycles. The van der Waals surface area contributed by atoms with Crippen LogP contribution in [-0.2, 0) is 32.0 Å². The van der Waals surface area contributed by atoms with E-state index in [-0.39, 0.29) is 16.3 Å². The quantitative estimate of drug-likeness (QED) is 0.131. The molecule has 0 spiro atoms. The topological polar surface area (TPSA) is 82.1 Å². The highest BCUT2D eigenvalue weighted by atomic mass is 32.2. The van der Waals surface area contributed by atoms with Crippen molar-refractivity contribution in [3.63, 3.8) is 0 Å². The number of anilines is 1. The third-order valence-electron chi connectivity index (χ3n) is 5.77. The fourth-order valence-electron chi connectivity index (χ4n) is 3.76. The minimum Gasteiger partial charge on any atom is -0.302 e. The molecule has 3 aromatic rings. The molecule has 0 aliphatic rings. The van der Waals surface area contributed by atoms with Crippen LogP contribution in [0.2, 0.25) is 0 Å². The van der Waals surface area contributed by atoms with E-state index in [0.29, 0.717) is 12.2 Å². The Labute approximate surface area is 232 Å². The monoisotopic (exact) mass is 562 g/mol. The molecule has 9 heteroatoms. The number of rotatable bonds is 13. The van der Waals surface area contributed by atoms with Crippen molar-refractivity contribution < 1.29 is 12.6 Å². The molecule has 0 saturated heterocycles. The van der Waals surface area contributed by atoms with Gasteiger partial charge < -0.3 is 4.31 Å². The molecule has 39 heavy (non-hydrogen) atoms. The Balaban J connectivity index is 1.94. The van der Waals surface area contributed by atoms with Gasteiger partial charge in [0.25, 0.3) is 10.0 Å². The van der Waals surface area contributed by atoms with Gasteiger partial charge in [0.05, 0.1) is 32.6 Å². The third kappa shape index (κ3) is 8.20. The number of hydrazone groups is 1. The Hall–Kier alpha value is -4.08. The van der Waals surface area contributed by atoms with Gasteiger partial charge in [0.2, 0.25) is 0 Å². The summed E-state index contributed by atoms with van der Waals surface area (Å²) in [6.07, 6.45) is 6.61. The van der Waals surface area contributed by atoms with Gasteiger partial charge in [-0.25, -0.2) is 12.6 Å². The second-order valence-electron chi connectivity index (χ2n) is 8.72. The second-order valence-corrected chi connectivity index (χ2v) is 12.8. The van der Waals surface area contributed by atoms with E-state index in [4.69, 9.17) is 0 Å². The average molecular weight is 563 g/mol. The van der Waals surface area contributed by atoms with E-state index in [0.717, 1.165) is 16.7 Å². The number of nitrogens with one attached hydrogen (secondary N) is 1. The van der Waals surface area contributed by atoms with Crippen molar-refractivity contribution in [1.29, 1.82) is 0 Å². The Morgan fingerprint density at radius 2 is 1.62 bits per heavy atom. The normalized spacial score (nSPS) is 13.2. The summed E-state index contributed by atoms with van der Waals surface area (Å²) in [5.74, 6) is 4.33. The summed E-state index contributed by atoms with van der Waals surface area (Å²) < 4.78 is 43.3. The first-order chi connectivity index (χ1) is 18.6. The van der Waals surface area contributed by atoms with Crippen LogP contribution in [0.15, 0.2) is 120 Å². The SMILES string of the molecule is C=CN(Cc1ccc(/C=C/C(=C)NS(=O)(=O)c2ccccc2)c(N(C)S(=C)(=O)Cc2ccccc2)c1)/N=C\C. The largest absolute Gasteiger partial charge is 0.302 e. The predicted molar refractivity (Wildman–Crippen MR) is 165 cm³/mol. The van der Waals surface area contributed by atoms with Crippen LogP contribution in [0.3, 0.4) is 0 Å². The smallest absolute Gasteiger partial charge is 0.261 e. The van der Waals surface area contributed by atoms with E-state index in [1.807, 2.05) is 55.5 Å². The van der Waals surface area contributed by atoms with Crippen molar-refractivity contribution in [2.45, 2.75) is 24.1 Å². The van der Waals surface area contributed by atoms with Crippen LogP contribution in [0.5, 0.6) is 0 Å². The maximum Gasteiger partial charge on any atom is 0.261 e. The predicted octanol–water partition coefficient (Wildman–Crippen LogP) is 5.41. The number of nitrogens with zero attached hydrogens (tertiary/aromatic N) is 3. The molecule has 1 unspecified atom stereocenters. The summed E-state index contributed by atoms with van der Waals surface area (Å²) in [4.78, 5) is 0.142. The minimum atomic E-state index is -3.77. The van der Waals surface area contributed by atoms with Gasteiger partial charge in [0.15, 0.2) is 0 Å². The van der Waals surface area contributed by atoms with E-state index in [2.05, 4.69) is 28.9 Å². The lowest BCUT2D eigenvalue weighted by molar-refractivity contribution is 0.395. The van der Waals surface area contributed by atoms with E-state index in [1.165, 1.54) is 12.1 Å². The number of benzene rings is 3. The first-order valence-electron chi connectivity index (χ1n) is 12.1. The van der Waals surface area contributed by atoms with Gasteiger partial charge in [0, 0.05) is 25.2 Å². The Morgan fingerprint density at radius 3 is 2.23 bits per heavy atom. The average Bonchev–Trinajstić information content (AvgIpc) is 2.92. The molecule has 1 N–H and O–H groups in total. The number of sulfonamides is 1. The molecule has 0 aromatic heterocycles. The summed E-state index contributed by atoms with van der Waals surface area (Å²) in [5, 5.41) is 5.97. The van der Waals surface area contributed by atoms with Crippen LogP contribution in [0.1, 0.15) is 23.6 Å². The molecule has 0 saturated carbocycles. The summed E-state index contributed by atoms with van der Waals surface area (Å²) in [6, 6.07) is 23.4. The van der Waals surface area contributed by atoms with E-state index < -0.39 is 19.7 Å². The van der Waals surface area contributed by atoms with Gasteiger partial charge >= 0.3 is 0 Å². The van der Waals surface area contributed by atoms with Crippen molar-refractivity contribution in [1.82, 2.24) is 9.73 Å². The summed E-state index contributed by atoms with van der Waals surface area (Å²) >= 11 is 0. The molecule has 3 rings (SSSR count). The standard InChI is InChI=1S/C30H34N4O3S2/c1-6-31-34(7-2)23-27-19-21-28(20-18-25(3)32-39(36,37)29-16-12-9-13-17-29)30(22-27)33(4)38(5,35)24-26-14-10-8-11-15-26/h6-22,32H,2-3,5,23-24H2,1,4H3/b20-18+,31-6-. The Bertz CT molecular complexity index is 1560. The first-order valence-corrected chi connectivity index (χ1v) is 15.5. The lowest BCUT2D eigenvalue weighted by atomic mass is 10.1. The third-order valence-corrected chi connectivity index (χ3v) is 9.17. The van der Waals surface area contributed by atoms with Crippen LogP contribution in [0.4, 0.5) is 5.69 Å². The highest BCUT2D eigenvalue weighted by Gasteiger charge is 2.18. The highest BCUT2D eigenvalue weighted by Crippen LogP contribution is 2.28. The Morgan fingerprint density at radius 1 is 0.974 bits per heavy atom. The summed E-state index contributed by atoms with van der Waals surface area (Å²) in [7, 11) is -4.78. The number of allylic oxidation sites excluding steroid dienone is 1. The van der Waals surface area contributed by atoms with Crippen molar-refractivity contribution in [2.24, 2.45) is 5.10 Å². The van der Waals surface area contributed by atoms with E-state index in [9.17, 15) is 12.6 Å². The maximum absolute atomic E-state index is 13.8. The molecule has 204 valence electrons. The van der Waals surface area contributed by atoms with Gasteiger partial charge in [-0.3, -0.25) is 9.73 Å². The zero-order valence-electron chi connectivity index (χ0n) is 22.2. The van der Waals surface area contributed by atoms with E-state index in [1.54, 1.807) is 59.1 Å². The number of hydrogen-bond acceptors (Lipinski definition) is 5. The molecule has 0 bridgehead atoms. The Kier molecular flexibility index (Phi) is 9.92. The van der Waals surface area contributed by atoms with Gasteiger partial charge in [0.1, 0.15) is 0 Å². The highest BCUT2D eigenvalue weighted by molar-refractivity contribution is 8.00. The lowest BCUT2D eigenvalue weighted by Crippen LogP contribution is -2.28. The fourth-order valence-corrected chi connectivity index (χ4v) is 6.23. The molecular weight excluding hydrogens is 528 g/mol. The van der Waals surface area contributed by atoms with Crippen LogP contribution in [0, 0.1) is 0 Å². The van der Waals surface area contributed by atoms with Crippen LogP contribution in [-0.4, -0.2) is 36.8 Å². The van der Waals surface area contributed by atoms with Crippen molar-refractivity contribution >= 4 is 43.6 Å². The lowest BCUT2D eigenvalue weighted by Gasteiger charge is -2.27. The van der Waals surface area contributed by atoms with Crippen molar-refractivity contribution in [2.75, 3.05) is 11.4 Å². The molecule has 0 heterocycles. The van der Waals surface area contributed by atoms with Crippen LogP contribution >= 0.6 is 0 Å². The van der Waals surface area contributed by atoms with Crippen LogP contribution < -0.4 is 9.03 Å². The molecule has 0 radical (unpaired) electrons. The summed E-state index contributed by atoms with van der Waals surface area (Å²) in [5.41, 5.74) is 3.40. The van der Waals surface area contributed by atoms with Gasteiger partial charge in [-0.05, 0) is 53.8 Å². The second kappa shape index (κ2) is 13.1. The molecule has 3 aromatic carbocycles. The molecule has 0 aliphatic heterocycles. The maximum atomic E-state index is 13.8. The number of hydrogen-bond donors (Lipinski definition) is 1.